The average Bonchev–Trinajstić information content (AvgIpc) is 2.69. The highest BCUT2D eigenvalue weighted by Gasteiger charge is 2.19. The molecule has 132 valence electrons. The molecule has 0 N–H and O–H groups in total. The number of hydrogen-bond donors (Lipinski definition) is 0. The first-order chi connectivity index (χ1) is 13.1. The number of aromatic nitrogens is 2. The van der Waals surface area contributed by atoms with Gasteiger partial charge in [-0.25, -0.2) is 9.36 Å². The number of nitrogens with zero attached hydrogens (tertiary/aromatic N) is 2. The molecular weight excluding hydrogens is 364 g/mol. The Morgan fingerprint density at radius 3 is 2.26 bits per heavy atom. The average molecular weight is 377 g/mol. The van der Waals surface area contributed by atoms with Crippen LogP contribution in [0.25, 0.3) is 16.6 Å². The van der Waals surface area contributed by atoms with Crippen molar-refractivity contribution in [3.05, 3.63) is 99.8 Å². The summed E-state index contributed by atoms with van der Waals surface area (Å²) in [6, 6.07) is 22.2. The molecule has 0 saturated heterocycles. The third kappa shape index (κ3) is 3.20. The molecule has 4 aromatic rings. The molecule has 0 saturated carbocycles. The molecule has 1 heterocycles. The highest BCUT2D eigenvalue weighted by molar-refractivity contribution is 6.35. The summed E-state index contributed by atoms with van der Waals surface area (Å²) in [6.45, 7) is 0. The van der Waals surface area contributed by atoms with E-state index in [1.165, 1.54) is 4.57 Å². The fraction of sp³-hybridized carbons (Fsp3) is 0. The number of ether oxygens (including phenoxy) is 1. The predicted octanol–water partition coefficient (Wildman–Crippen LogP) is 4.26. The van der Waals surface area contributed by atoms with Gasteiger partial charge in [-0.15, -0.1) is 0 Å². The zero-order valence-electron chi connectivity index (χ0n) is 14.0. The van der Waals surface area contributed by atoms with Crippen LogP contribution in [0.1, 0.15) is 10.4 Å². The van der Waals surface area contributed by atoms with Crippen LogP contribution in [0.2, 0.25) is 5.02 Å². The van der Waals surface area contributed by atoms with Gasteiger partial charge in [-0.05, 0) is 36.4 Å². The van der Waals surface area contributed by atoms with E-state index >= 15 is 0 Å². The Labute approximate surface area is 159 Å². The summed E-state index contributed by atoms with van der Waals surface area (Å²) in [5.74, 6) is -0.603. The lowest BCUT2D eigenvalue weighted by atomic mass is 10.2. The van der Waals surface area contributed by atoms with Gasteiger partial charge in [0.25, 0.3) is 5.56 Å². The van der Waals surface area contributed by atoms with Gasteiger partial charge in [-0.2, -0.15) is 4.98 Å². The van der Waals surface area contributed by atoms with E-state index in [0.29, 0.717) is 16.8 Å². The molecule has 0 radical (unpaired) electrons. The van der Waals surface area contributed by atoms with Gasteiger partial charge in [0.1, 0.15) is 0 Å². The van der Waals surface area contributed by atoms with Gasteiger partial charge in [0, 0.05) is 0 Å². The minimum Gasteiger partial charge on any atom is -0.388 e. The van der Waals surface area contributed by atoms with Crippen LogP contribution in [0.4, 0.5) is 0 Å². The molecule has 0 atom stereocenters. The molecule has 0 aliphatic rings. The van der Waals surface area contributed by atoms with Gasteiger partial charge in [0.2, 0.25) is 0 Å². The van der Waals surface area contributed by atoms with E-state index in [2.05, 4.69) is 4.98 Å². The zero-order valence-corrected chi connectivity index (χ0v) is 14.8. The first kappa shape index (κ1) is 17.0. The molecule has 3 aromatic carbocycles. The van der Waals surface area contributed by atoms with E-state index in [4.69, 9.17) is 16.3 Å². The zero-order chi connectivity index (χ0) is 18.8. The summed E-state index contributed by atoms with van der Waals surface area (Å²) in [5.41, 5.74) is 0.827. The second-order valence-corrected chi connectivity index (χ2v) is 6.17. The van der Waals surface area contributed by atoms with Crippen LogP contribution in [0.5, 0.6) is 6.01 Å². The smallest absolute Gasteiger partial charge is 0.345 e. The number of fused-ring (bicyclic) bond motifs is 1. The number of hydrogen-bond acceptors (Lipinski definition) is 4. The number of para-hydroxylation sites is 1. The van der Waals surface area contributed by atoms with Gasteiger partial charge in [0.15, 0.2) is 0 Å². The predicted molar refractivity (Wildman–Crippen MR) is 104 cm³/mol. The van der Waals surface area contributed by atoms with Crippen molar-refractivity contribution in [2.24, 2.45) is 0 Å². The lowest BCUT2D eigenvalue weighted by Gasteiger charge is -2.13. The highest BCUT2D eigenvalue weighted by atomic mass is 35.5. The standard InChI is InChI=1S/C21H13ClN2O3/c22-16-12-7-13-17-18(16)19(25)24(15-10-5-2-6-11-15)21(23-17)27-20(26)14-8-3-1-4-9-14/h1-13H. The maximum absolute atomic E-state index is 13.1. The van der Waals surface area contributed by atoms with E-state index in [0.717, 1.165) is 0 Å². The van der Waals surface area contributed by atoms with Crippen LogP contribution in [0, 0.1) is 0 Å². The fourth-order valence-corrected chi connectivity index (χ4v) is 3.01. The Balaban J connectivity index is 1.93. The fourth-order valence-electron chi connectivity index (χ4n) is 2.76. The van der Waals surface area contributed by atoms with Crippen molar-refractivity contribution in [1.29, 1.82) is 0 Å². The van der Waals surface area contributed by atoms with Gasteiger partial charge < -0.3 is 4.74 Å². The lowest BCUT2D eigenvalue weighted by Crippen LogP contribution is -2.24. The first-order valence-electron chi connectivity index (χ1n) is 8.19. The molecule has 0 spiro atoms. The quantitative estimate of drug-likeness (QED) is 0.501. The van der Waals surface area contributed by atoms with Crippen molar-refractivity contribution >= 4 is 28.5 Å². The summed E-state index contributed by atoms with van der Waals surface area (Å²) in [7, 11) is 0. The molecule has 4 rings (SSSR count). The molecule has 0 unspecified atom stereocenters. The normalized spacial score (nSPS) is 10.7. The third-order valence-corrected chi connectivity index (χ3v) is 4.34. The van der Waals surface area contributed by atoms with E-state index < -0.39 is 11.5 Å². The van der Waals surface area contributed by atoms with Crippen LogP contribution >= 0.6 is 11.6 Å². The summed E-state index contributed by atoms with van der Waals surface area (Å²) >= 11 is 6.21. The molecule has 0 aliphatic heterocycles. The molecule has 0 fully saturated rings. The minimum atomic E-state index is -0.603. The maximum atomic E-state index is 13.1. The topological polar surface area (TPSA) is 61.2 Å². The summed E-state index contributed by atoms with van der Waals surface area (Å²) in [5, 5.41) is 0.554. The maximum Gasteiger partial charge on any atom is 0.345 e. The Bertz CT molecular complexity index is 1190. The van der Waals surface area contributed by atoms with E-state index in [1.54, 1.807) is 72.8 Å². The highest BCUT2D eigenvalue weighted by Crippen LogP contribution is 2.23. The largest absolute Gasteiger partial charge is 0.388 e. The SMILES string of the molecule is O=C(Oc1nc2cccc(Cl)c2c(=O)n1-c1ccccc1)c1ccccc1. The van der Waals surface area contributed by atoms with E-state index in [1.807, 2.05) is 6.07 Å². The van der Waals surface area contributed by atoms with Crippen molar-refractivity contribution in [3.8, 4) is 11.7 Å². The third-order valence-electron chi connectivity index (χ3n) is 4.02. The van der Waals surface area contributed by atoms with Crippen molar-refractivity contribution in [2.45, 2.75) is 0 Å². The molecule has 5 nitrogen and oxygen atoms in total. The Hall–Kier alpha value is -3.44. The number of halogens is 1. The van der Waals surface area contributed by atoms with Crippen molar-refractivity contribution in [2.75, 3.05) is 0 Å². The summed E-state index contributed by atoms with van der Waals surface area (Å²) in [6.07, 6.45) is 0. The Morgan fingerprint density at radius 2 is 1.56 bits per heavy atom. The number of carbonyl (C=O) groups is 1. The van der Waals surface area contributed by atoms with Crippen LogP contribution in [-0.2, 0) is 0 Å². The second-order valence-electron chi connectivity index (χ2n) is 5.76. The summed E-state index contributed by atoms with van der Waals surface area (Å²) in [4.78, 5) is 30.0. The van der Waals surface area contributed by atoms with Crippen molar-refractivity contribution in [1.82, 2.24) is 9.55 Å². The van der Waals surface area contributed by atoms with Crippen LogP contribution in [0.3, 0.4) is 0 Å². The Kier molecular flexibility index (Phi) is 4.44. The molecule has 1 aromatic heterocycles. The van der Waals surface area contributed by atoms with Crippen molar-refractivity contribution < 1.29 is 9.53 Å². The van der Waals surface area contributed by atoms with Gasteiger partial charge in [0.05, 0.1) is 27.2 Å². The van der Waals surface area contributed by atoms with Crippen LogP contribution < -0.4 is 10.3 Å². The molecule has 0 bridgehead atoms. The van der Waals surface area contributed by atoms with Gasteiger partial charge >= 0.3 is 12.0 Å². The monoisotopic (exact) mass is 376 g/mol. The number of benzene rings is 3. The molecule has 27 heavy (non-hydrogen) atoms. The first-order valence-corrected chi connectivity index (χ1v) is 8.57. The van der Waals surface area contributed by atoms with Crippen molar-refractivity contribution in [3.63, 3.8) is 0 Å². The van der Waals surface area contributed by atoms with Crippen LogP contribution in [0.15, 0.2) is 83.7 Å². The molecule has 0 amide bonds. The van der Waals surface area contributed by atoms with Gasteiger partial charge in [-0.1, -0.05) is 54.1 Å². The lowest BCUT2D eigenvalue weighted by molar-refractivity contribution is 0.0715. The Morgan fingerprint density at radius 1 is 0.889 bits per heavy atom. The number of esters is 1. The van der Waals surface area contributed by atoms with Gasteiger partial charge in [-0.3, -0.25) is 4.79 Å². The number of rotatable bonds is 3. The van der Waals surface area contributed by atoms with E-state index in [9.17, 15) is 9.59 Å². The number of carbonyl (C=O) groups excluding carboxylic acids is 1. The van der Waals surface area contributed by atoms with Crippen LogP contribution in [-0.4, -0.2) is 15.5 Å². The molecule has 0 aliphatic carbocycles. The molecule has 6 heteroatoms. The molecular formula is C21H13ClN2O3. The second kappa shape index (κ2) is 7.05. The summed E-state index contributed by atoms with van der Waals surface area (Å²) < 4.78 is 6.73. The van der Waals surface area contributed by atoms with E-state index in [-0.39, 0.29) is 16.4 Å². The minimum absolute atomic E-state index is 0.116.